The topological polar surface area (TPSA) is 80.5 Å². The summed E-state index contributed by atoms with van der Waals surface area (Å²) in [5.74, 6) is 1.30. The van der Waals surface area contributed by atoms with Crippen LogP contribution >= 0.6 is 0 Å². The summed E-state index contributed by atoms with van der Waals surface area (Å²) in [6, 6.07) is 9.08. The summed E-state index contributed by atoms with van der Waals surface area (Å²) in [5, 5.41) is 3.69. The molecule has 0 saturated carbocycles. The molecule has 4 rings (SSSR count). The van der Waals surface area contributed by atoms with Crippen molar-refractivity contribution in [1.29, 1.82) is 0 Å². The Labute approximate surface area is 157 Å². The predicted octanol–water partition coefficient (Wildman–Crippen LogP) is 3.15. The van der Waals surface area contributed by atoms with Gasteiger partial charge >= 0.3 is 0 Å². The second-order valence-corrected chi connectivity index (χ2v) is 6.57. The fraction of sp³-hybridized carbons (Fsp3) is 0.350. The molecule has 1 amide bonds. The van der Waals surface area contributed by atoms with Gasteiger partial charge < -0.3 is 19.4 Å². The first kappa shape index (κ1) is 17.3. The van der Waals surface area contributed by atoms with Crippen molar-refractivity contribution < 1.29 is 13.9 Å². The van der Waals surface area contributed by atoms with Crippen molar-refractivity contribution in [3.8, 4) is 5.75 Å². The lowest BCUT2D eigenvalue weighted by Gasteiger charge is -2.26. The maximum absolute atomic E-state index is 12.5. The number of nitrogens with zero attached hydrogens (tertiary/aromatic N) is 3. The van der Waals surface area contributed by atoms with Gasteiger partial charge in [0, 0.05) is 24.7 Å². The van der Waals surface area contributed by atoms with E-state index in [0.717, 1.165) is 30.1 Å². The smallest absolute Gasteiger partial charge is 0.287 e. The number of rotatable bonds is 5. The van der Waals surface area contributed by atoms with Gasteiger partial charge in [0.1, 0.15) is 0 Å². The number of para-hydroxylation sites is 1. The van der Waals surface area contributed by atoms with E-state index >= 15 is 0 Å². The van der Waals surface area contributed by atoms with Crippen LogP contribution in [0, 0.1) is 0 Å². The van der Waals surface area contributed by atoms with E-state index < -0.39 is 0 Å². The van der Waals surface area contributed by atoms with Crippen molar-refractivity contribution in [1.82, 2.24) is 15.3 Å². The minimum absolute atomic E-state index is 0.250. The van der Waals surface area contributed by atoms with Crippen LogP contribution in [-0.4, -0.2) is 36.1 Å². The van der Waals surface area contributed by atoms with E-state index in [1.165, 1.54) is 19.3 Å². The zero-order valence-corrected chi connectivity index (χ0v) is 15.3. The van der Waals surface area contributed by atoms with E-state index in [2.05, 4.69) is 20.2 Å². The number of nitrogens with one attached hydrogen (secondary N) is 1. The van der Waals surface area contributed by atoms with E-state index in [9.17, 15) is 4.79 Å². The molecule has 1 aliphatic heterocycles. The molecule has 1 N–H and O–H groups in total. The summed E-state index contributed by atoms with van der Waals surface area (Å²) in [7, 11) is 1.58. The molecule has 27 heavy (non-hydrogen) atoms. The van der Waals surface area contributed by atoms with E-state index in [1.807, 2.05) is 18.2 Å². The maximum atomic E-state index is 12.5. The molecule has 1 fully saturated rings. The van der Waals surface area contributed by atoms with Crippen molar-refractivity contribution in [2.24, 2.45) is 0 Å². The summed E-state index contributed by atoms with van der Waals surface area (Å²) < 4.78 is 11.0. The van der Waals surface area contributed by atoms with Gasteiger partial charge in [0.25, 0.3) is 5.91 Å². The lowest BCUT2D eigenvalue weighted by molar-refractivity contribution is 0.0924. The number of hydrogen-bond donors (Lipinski definition) is 1. The van der Waals surface area contributed by atoms with Crippen molar-refractivity contribution in [3.63, 3.8) is 0 Å². The summed E-state index contributed by atoms with van der Waals surface area (Å²) in [5.41, 5.74) is 1.34. The van der Waals surface area contributed by atoms with Gasteiger partial charge in [0.05, 0.1) is 19.3 Å². The van der Waals surface area contributed by atoms with Gasteiger partial charge in [-0.1, -0.05) is 12.1 Å². The number of carbonyl (C=O) groups excluding carboxylic acids is 1. The third kappa shape index (κ3) is 3.72. The van der Waals surface area contributed by atoms with E-state index in [-0.39, 0.29) is 11.7 Å². The third-order valence-corrected chi connectivity index (χ3v) is 4.72. The molecule has 1 aromatic carbocycles. The molecule has 0 atom stereocenters. The second kappa shape index (κ2) is 7.65. The molecule has 7 nitrogen and oxygen atoms in total. The van der Waals surface area contributed by atoms with Crippen LogP contribution in [0.1, 0.15) is 35.5 Å². The number of furan rings is 1. The number of carbonyl (C=O) groups is 1. The molecule has 140 valence electrons. The van der Waals surface area contributed by atoms with Crippen LogP contribution in [-0.2, 0) is 6.54 Å². The predicted molar refractivity (Wildman–Crippen MR) is 102 cm³/mol. The highest BCUT2D eigenvalue weighted by Crippen LogP contribution is 2.28. The van der Waals surface area contributed by atoms with Crippen LogP contribution in [0.2, 0.25) is 0 Å². The molecule has 1 saturated heterocycles. The zero-order chi connectivity index (χ0) is 18.6. The van der Waals surface area contributed by atoms with Gasteiger partial charge in [-0.05, 0) is 37.5 Å². The summed E-state index contributed by atoms with van der Waals surface area (Å²) in [4.78, 5) is 23.6. The molecule has 1 aliphatic rings. The molecular weight excluding hydrogens is 344 g/mol. The molecule has 3 heterocycles. The highest BCUT2D eigenvalue weighted by molar-refractivity contribution is 5.97. The van der Waals surface area contributed by atoms with Crippen LogP contribution in [0.5, 0.6) is 5.75 Å². The second-order valence-electron chi connectivity index (χ2n) is 6.57. The highest BCUT2D eigenvalue weighted by atomic mass is 16.5. The molecule has 0 aliphatic carbocycles. The molecule has 0 unspecified atom stereocenters. The number of amides is 1. The molecule has 0 bridgehead atoms. The normalized spacial score (nSPS) is 14.3. The van der Waals surface area contributed by atoms with Gasteiger partial charge in [0.15, 0.2) is 17.1 Å². The number of aromatic nitrogens is 2. The first-order chi connectivity index (χ1) is 13.2. The third-order valence-electron chi connectivity index (χ3n) is 4.72. The van der Waals surface area contributed by atoms with E-state index in [4.69, 9.17) is 9.15 Å². The first-order valence-electron chi connectivity index (χ1n) is 9.16. The average molecular weight is 366 g/mol. The Bertz CT molecular complexity index is 947. The lowest BCUT2D eigenvalue weighted by Crippen LogP contribution is -2.31. The number of ether oxygens (including phenoxy) is 1. The lowest BCUT2D eigenvalue weighted by atomic mass is 10.1. The minimum atomic E-state index is -0.286. The summed E-state index contributed by atoms with van der Waals surface area (Å²) >= 11 is 0. The van der Waals surface area contributed by atoms with Crippen molar-refractivity contribution >= 4 is 22.8 Å². The maximum Gasteiger partial charge on any atom is 0.287 e. The molecule has 3 aromatic rings. The van der Waals surface area contributed by atoms with Crippen LogP contribution < -0.4 is 15.0 Å². The Balaban J connectivity index is 1.45. The van der Waals surface area contributed by atoms with E-state index in [0.29, 0.717) is 17.9 Å². The fourth-order valence-corrected chi connectivity index (χ4v) is 3.30. The number of fused-ring (bicyclic) bond motifs is 1. The first-order valence-corrected chi connectivity index (χ1v) is 9.16. The minimum Gasteiger partial charge on any atom is -0.493 e. The molecular formula is C20H22N4O3. The Morgan fingerprint density at radius 2 is 2.11 bits per heavy atom. The van der Waals surface area contributed by atoms with Gasteiger partial charge in [-0.25, -0.2) is 9.97 Å². The van der Waals surface area contributed by atoms with Gasteiger partial charge in [-0.2, -0.15) is 0 Å². The summed E-state index contributed by atoms with van der Waals surface area (Å²) in [6.07, 6.45) is 5.33. The fourth-order valence-electron chi connectivity index (χ4n) is 3.30. The highest BCUT2D eigenvalue weighted by Gasteiger charge is 2.16. The van der Waals surface area contributed by atoms with Crippen molar-refractivity contribution in [2.45, 2.75) is 25.8 Å². The zero-order valence-electron chi connectivity index (χ0n) is 15.3. The van der Waals surface area contributed by atoms with Gasteiger partial charge in [-0.3, -0.25) is 4.79 Å². The molecule has 7 heteroatoms. The van der Waals surface area contributed by atoms with Gasteiger partial charge in [-0.15, -0.1) is 0 Å². The number of benzene rings is 1. The number of anilines is 1. The molecule has 0 radical (unpaired) electrons. The Morgan fingerprint density at radius 1 is 1.26 bits per heavy atom. The Hall–Kier alpha value is -3.09. The van der Waals surface area contributed by atoms with Crippen molar-refractivity contribution in [2.75, 3.05) is 25.1 Å². The van der Waals surface area contributed by atoms with Crippen LogP contribution in [0.4, 0.5) is 5.95 Å². The van der Waals surface area contributed by atoms with Crippen LogP contribution in [0.15, 0.2) is 40.9 Å². The molecule has 2 aromatic heterocycles. The van der Waals surface area contributed by atoms with Crippen molar-refractivity contribution in [3.05, 3.63) is 48.0 Å². The summed E-state index contributed by atoms with van der Waals surface area (Å²) in [6.45, 7) is 2.28. The standard InChI is InChI=1S/C20H22N4O3/c1-26-16-7-5-6-14-12-17(27-18(14)16)19(25)22-13-15-8-9-21-20(23-15)24-10-3-2-4-11-24/h5-9,12H,2-4,10-11,13H2,1H3,(H,22,25). The van der Waals surface area contributed by atoms with Crippen LogP contribution in [0.25, 0.3) is 11.0 Å². The SMILES string of the molecule is COc1cccc2cc(C(=O)NCc3ccnc(N4CCCCC4)n3)oc12. The average Bonchev–Trinajstić information content (AvgIpc) is 3.17. The quantitative estimate of drug-likeness (QED) is 0.747. The monoisotopic (exact) mass is 366 g/mol. The number of piperidine rings is 1. The van der Waals surface area contributed by atoms with Gasteiger partial charge in [0.2, 0.25) is 5.95 Å². The van der Waals surface area contributed by atoms with Crippen LogP contribution in [0.3, 0.4) is 0 Å². The van der Waals surface area contributed by atoms with E-state index in [1.54, 1.807) is 25.4 Å². The number of hydrogen-bond acceptors (Lipinski definition) is 6. The Kier molecular flexibility index (Phi) is 4.91. The number of methoxy groups -OCH3 is 1. The molecule has 0 spiro atoms. The Morgan fingerprint density at radius 3 is 2.93 bits per heavy atom. The largest absolute Gasteiger partial charge is 0.493 e.